The summed E-state index contributed by atoms with van der Waals surface area (Å²) in [4.78, 5) is 22.9. The average Bonchev–Trinajstić information content (AvgIpc) is 2.43. The quantitative estimate of drug-likeness (QED) is 0.645. The number of benzene rings is 1. The number of hydrogen-bond acceptors (Lipinski definition) is 4. The number of alkyl halides is 3. The van der Waals surface area contributed by atoms with E-state index in [1.54, 1.807) is 18.2 Å². The van der Waals surface area contributed by atoms with E-state index in [2.05, 4.69) is 4.74 Å². The number of halogens is 3. The van der Waals surface area contributed by atoms with Crippen LogP contribution in [0, 0.1) is 0 Å². The van der Waals surface area contributed by atoms with Crippen molar-refractivity contribution in [3.05, 3.63) is 35.9 Å². The van der Waals surface area contributed by atoms with Crippen molar-refractivity contribution in [3.8, 4) is 0 Å². The topological polar surface area (TPSA) is 64.6 Å². The van der Waals surface area contributed by atoms with E-state index < -0.39 is 30.4 Å². The molecule has 0 aliphatic rings. The average molecular weight is 319 g/mol. The highest BCUT2D eigenvalue weighted by Gasteiger charge is 2.64. The molecule has 22 heavy (non-hydrogen) atoms. The van der Waals surface area contributed by atoms with Crippen molar-refractivity contribution in [1.82, 2.24) is 5.32 Å². The summed E-state index contributed by atoms with van der Waals surface area (Å²) in [6.07, 6.45) is -5.18. The van der Waals surface area contributed by atoms with Crippen LogP contribution in [-0.4, -0.2) is 30.4 Å². The van der Waals surface area contributed by atoms with Crippen LogP contribution in [0.5, 0.6) is 0 Å². The lowest BCUT2D eigenvalue weighted by Crippen LogP contribution is -2.65. The summed E-state index contributed by atoms with van der Waals surface area (Å²) < 4.78 is 49.3. The number of nitrogens with one attached hydrogen (secondary N) is 1. The molecule has 1 N–H and O–H groups in total. The van der Waals surface area contributed by atoms with Gasteiger partial charge >= 0.3 is 17.9 Å². The monoisotopic (exact) mass is 319 g/mol. The van der Waals surface area contributed by atoms with Gasteiger partial charge in [-0.05, 0) is 12.5 Å². The van der Waals surface area contributed by atoms with Crippen LogP contribution in [0.4, 0.5) is 13.2 Å². The van der Waals surface area contributed by atoms with E-state index in [9.17, 15) is 22.8 Å². The minimum absolute atomic E-state index is 0.287. The van der Waals surface area contributed by atoms with Crippen molar-refractivity contribution in [3.63, 3.8) is 0 Å². The third kappa shape index (κ3) is 4.20. The first-order valence-electron chi connectivity index (χ1n) is 6.43. The Morgan fingerprint density at radius 3 is 2.23 bits per heavy atom. The molecule has 0 fully saturated rings. The molecule has 0 heterocycles. The summed E-state index contributed by atoms with van der Waals surface area (Å²) in [7, 11) is 0. The van der Waals surface area contributed by atoms with Gasteiger partial charge in [-0.25, -0.2) is 4.79 Å². The first-order valence-corrected chi connectivity index (χ1v) is 6.43. The van der Waals surface area contributed by atoms with Gasteiger partial charge in [0.05, 0.1) is 13.2 Å². The van der Waals surface area contributed by atoms with Crippen LogP contribution in [-0.2, 0) is 25.7 Å². The lowest BCUT2D eigenvalue weighted by Gasteiger charge is -2.33. The largest absolute Gasteiger partial charge is 0.462 e. The maximum Gasteiger partial charge on any atom is 0.448 e. The third-order valence-electron chi connectivity index (χ3n) is 2.61. The van der Waals surface area contributed by atoms with Crippen molar-refractivity contribution in [2.24, 2.45) is 0 Å². The molecular weight excluding hydrogens is 303 g/mol. The van der Waals surface area contributed by atoms with Crippen LogP contribution in [0.2, 0.25) is 0 Å². The van der Waals surface area contributed by atoms with Gasteiger partial charge < -0.3 is 14.8 Å². The Morgan fingerprint density at radius 1 is 1.18 bits per heavy atom. The van der Waals surface area contributed by atoms with Gasteiger partial charge in [0.1, 0.15) is 0 Å². The maximum absolute atomic E-state index is 13.4. The van der Waals surface area contributed by atoms with Crippen molar-refractivity contribution >= 4 is 11.9 Å². The molecule has 0 bridgehead atoms. The van der Waals surface area contributed by atoms with Gasteiger partial charge in [-0.2, -0.15) is 13.2 Å². The molecule has 0 saturated carbocycles. The smallest absolute Gasteiger partial charge is 0.448 e. The Bertz CT molecular complexity index is 519. The predicted octanol–water partition coefficient (Wildman–Crippen LogP) is 2.16. The zero-order valence-electron chi connectivity index (χ0n) is 12.1. The molecule has 0 saturated heterocycles. The normalized spacial score (nSPS) is 14.0. The van der Waals surface area contributed by atoms with Crippen LogP contribution in [0.15, 0.2) is 30.3 Å². The second-order valence-electron chi connectivity index (χ2n) is 4.35. The Labute approximate surface area is 125 Å². The zero-order chi connectivity index (χ0) is 16.8. The van der Waals surface area contributed by atoms with E-state index in [0.717, 1.165) is 6.92 Å². The van der Waals surface area contributed by atoms with Gasteiger partial charge in [-0.3, -0.25) is 4.79 Å². The molecule has 0 aliphatic carbocycles. The number of amides is 1. The predicted molar refractivity (Wildman–Crippen MR) is 70.5 cm³/mol. The first kappa shape index (κ1) is 18.0. The van der Waals surface area contributed by atoms with Crippen LogP contribution >= 0.6 is 0 Å². The molecule has 0 aromatic heterocycles. The highest BCUT2D eigenvalue weighted by molar-refractivity contribution is 5.86. The molecule has 1 atom stereocenters. The Hall–Kier alpha value is -2.09. The second kappa shape index (κ2) is 7.26. The number of carbonyl (C=O) groups is 2. The molecule has 1 aromatic rings. The highest BCUT2D eigenvalue weighted by atomic mass is 19.4. The van der Waals surface area contributed by atoms with Crippen LogP contribution in [0.3, 0.4) is 0 Å². The molecule has 122 valence electrons. The van der Waals surface area contributed by atoms with Gasteiger partial charge in [-0.15, -0.1) is 0 Å². The van der Waals surface area contributed by atoms with E-state index in [1.165, 1.54) is 24.4 Å². The van der Waals surface area contributed by atoms with Gasteiger partial charge in [-0.1, -0.05) is 30.3 Å². The van der Waals surface area contributed by atoms with E-state index in [1.807, 2.05) is 0 Å². The fraction of sp³-hybridized carbons (Fsp3) is 0.429. The SMILES string of the molecule is CCOC(=O)[C@](NC(C)=O)(OCc1ccccc1)C(F)(F)F. The van der Waals surface area contributed by atoms with Crippen LogP contribution < -0.4 is 5.32 Å². The summed E-state index contributed by atoms with van der Waals surface area (Å²) >= 11 is 0. The standard InChI is InChI=1S/C14H16F3NO4/c1-3-21-12(20)13(14(15,16)17,18-10(2)19)22-9-11-7-5-4-6-8-11/h4-8H,3,9H2,1-2H3,(H,18,19)/t13-/m0/s1. The van der Waals surface area contributed by atoms with Gasteiger partial charge in [0.15, 0.2) is 0 Å². The van der Waals surface area contributed by atoms with E-state index in [0.29, 0.717) is 5.56 Å². The number of hydrogen-bond donors (Lipinski definition) is 1. The molecule has 0 unspecified atom stereocenters. The Kier molecular flexibility index (Phi) is 5.92. The lowest BCUT2D eigenvalue weighted by atomic mass is 10.2. The number of carbonyl (C=O) groups excluding carboxylic acids is 2. The number of rotatable bonds is 6. The minimum Gasteiger partial charge on any atom is -0.462 e. The number of ether oxygens (including phenoxy) is 2. The summed E-state index contributed by atoms with van der Waals surface area (Å²) in [6, 6.07) is 7.95. The number of esters is 1. The van der Waals surface area contributed by atoms with Gasteiger partial charge in [0, 0.05) is 6.92 Å². The highest BCUT2D eigenvalue weighted by Crippen LogP contribution is 2.33. The molecule has 0 radical (unpaired) electrons. The molecule has 1 rings (SSSR count). The molecule has 0 spiro atoms. The minimum atomic E-state index is -5.18. The fourth-order valence-electron chi connectivity index (χ4n) is 1.66. The van der Waals surface area contributed by atoms with Crippen LogP contribution in [0.1, 0.15) is 19.4 Å². The zero-order valence-corrected chi connectivity index (χ0v) is 12.1. The molecule has 0 aliphatic heterocycles. The lowest BCUT2D eigenvalue weighted by molar-refractivity contribution is -0.289. The van der Waals surface area contributed by atoms with E-state index >= 15 is 0 Å². The molecular formula is C14H16F3NO4. The van der Waals surface area contributed by atoms with Crippen LogP contribution in [0.25, 0.3) is 0 Å². The maximum atomic E-state index is 13.4. The van der Waals surface area contributed by atoms with Crippen molar-refractivity contribution in [1.29, 1.82) is 0 Å². The molecule has 5 nitrogen and oxygen atoms in total. The summed E-state index contributed by atoms with van der Waals surface area (Å²) in [5, 5.41) is 1.53. The summed E-state index contributed by atoms with van der Waals surface area (Å²) in [6.45, 7) is 1.39. The molecule has 1 aromatic carbocycles. The second-order valence-corrected chi connectivity index (χ2v) is 4.35. The van der Waals surface area contributed by atoms with Gasteiger partial charge in [0.25, 0.3) is 0 Å². The Balaban J connectivity index is 3.11. The first-order chi connectivity index (χ1) is 10.2. The van der Waals surface area contributed by atoms with Crippen molar-refractivity contribution in [2.45, 2.75) is 32.4 Å². The van der Waals surface area contributed by atoms with Gasteiger partial charge in [0.2, 0.25) is 5.91 Å². The summed E-state index contributed by atoms with van der Waals surface area (Å²) in [5.74, 6) is -2.79. The molecule has 8 heteroatoms. The van der Waals surface area contributed by atoms with Crippen molar-refractivity contribution in [2.75, 3.05) is 6.61 Å². The third-order valence-corrected chi connectivity index (χ3v) is 2.61. The molecule has 1 amide bonds. The summed E-state index contributed by atoms with van der Waals surface area (Å²) in [5.41, 5.74) is -3.13. The van der Waals surface area contributed by atoms with E-state index in [-0.39, 0.29) is 6.61 Å². The van der Waals surface area contributed by atoms with Crippen molar-refractivity contribution < 1.29 is 32.2 Å². The van der Waals surface area contributed by atoms with E-state index in [4.69, 9.17) is 4.74 Å². The Morgan fingerprint density at radius 2 is 1.77 bits per heavy atom. The fourth-order valence-corrected chi connectivity index (χ4v) is 1.66.